The molecule has 1 rings (SSSR count). The average molecular weight is 523 g/mol. The minimum absolute atomic E-state index is 0.105. The Morgan fingerprint density at radius 2 is 1.00 bits per heavy atom. The molecule has 0 unspecified atom stereocenters. The normalized spacial score (nSPS) is 11.0. The van der Waals surface area contributed by atoms with Crippen LogP contribution in [0.15, 0.2) is 0 Å². The van der Waals surface area contributed by atoms with E-state index in [4.69, 9.17) is 14.2 Å². The summed E-state index contributed by atoms with van der Waals surface area (Å²) in [7, 11) is 0. The molecule has 0 spiro atoms. The first-order valence-corrected chi connectivity index (χ1v) is 15.1. The number of benzene rings is 1. The zero-order valence-electron chi connectivity index (χ0n) is 24.2. The van der Waals surface area contributed by atoms with E-state index in [1.54, 1.807) is 0 Å². The molecule has 0 radical (unpaired) electrons. The van der Waals surface area contributed by atoms with Crippen molar-refractivity contribution >= 4 is 6.16 Å². The van der Waals surface area contributed by atoms with Crippen molar-refractivity contribution in [3.8, 4) is 23.0 Å². The van der Waals surface area contributed by atoms with E-state index in [1.807, 2.05) is 0 Å². The van der Waals surface area contributed by atoms with Crippen LogP contribution in [0.3, 0.4) is 0 Å². The molecule has 214 valence electrons. The summed E-state index contributed by atoms with van der Waals surface area (Å²) in [6.45, 7) is 9.53. The second-order valence-electron chi connectivity index (χ2n) is 10.1. The third kappa shape index (κ3) is 12.8. The summed E-state index contributed by atoms with van der Waals surface area (Å²) in [5.74, 6) is 0.569. The van der Waals surface area contributed by atoms with E-state index >= 15 is 0 Å². The molecule has 0 aromatic heterocycles. The van der Waals surface area contributed by atoms with Crippen LogP contribution < -0.4 is 14.2 Å². The Labute approximate surface area is 226 Å². The van der Waals surface area contributed by atoms with E-state index in [2.05, 4.69) is 27.7 Å². The first-order chi connectivity index (χ1) is 18.0. The van der Waals surface area contributed by atoms with Crippen LogP contribution in [0.1, 0.15) is 142 Å². The second-order valence-corrected chi connectivity index (χ2v) is 10.1. The van der Waals surface area contributed by atoms with E-state index in [-0.39, 0.29) is 17.2 Å². The number of rotatable bonds is 23. The Kier molecular flexibility index (Phi) is 18.6. The van der Waals surface area contributed by atoms with Crippen molar-refractivity contribution in [1.82, 2.24) is 0 Å². The Morgan fingerprint density at radius 1 is 0.568 bits per heavy atom. The third-order valence-corrected chi connectivity index (χ3v) is 6.79. The number of unbranched alkanes of at least 4 members (excludes halogenated alkanes) is 12. The van der Waals surface area contributed by atoms with Crippen molar-refractivity contribution in [3.63, 3.8) is 0 Å². The van der Waals surface area contributed by atoms with Crippen molar-refractivity contribution in [2.75, 3.05) is 13.2 Å². The predicted octanol–water partition coefficient (Wildman–Crippen LogP) is 9.61. The summed E-state index contributed by atoms with van der Waals surface area (Å²) in [6, 6.07) is 0. The lowest BCUT2D eigenvalue weighted by atomic mass is 9.93. The van der Waals surface area contributed by atoms with Gasteiger partial charge in [-0.3, -0.25) is 0 Å². The highest BCUT2D eigenvalue weighted by molar-refractivity contribution is 5.72. The summed E-state index contributed by atoms with van der Waals surface area (Å²) in [6.07, 6.45) is 17.4. The van der Waals surface area contributed by atoms with E-state index in [0.29, 0.717) is 25.4 Å². The molecule has 37 heavy (non-hydrogen) atoms. The molecule has 0 atom stereocenters. The van der Waals surface area contributed by atoms with Gasteiger partial charge in [0.05, 0.1) is 13.2 Å². The van der Waals surface area contributed by atoms with Crippen molar-refractivity contribution in [2.24, 2.45) is 0 Å². The summed E-state index contributed by atoms with van der Waals surface area (Å²) in [5, 5.41) is 20.8. The van der Waals surface area contributed by atoms with E-state index in [0.717, 1.165) is 75.3 Å². The van der Waals surface area contributed by atoms with Crippen LogP contribution in [0.4, 0.5) is 4.79 Å². The quantitative estimate of drug-likeness (QED) is 0.0845. The zero-order chi connectivity index (χ0) is 27.3. The van der Waals surface area contributed by atoms with Crippen LogP contribution in [-0.2, 0) is 12.8 Å². The van der Waals surface area contributed by atoms with Crippen molar-refractivity contribution < 1.29 is 29.2 Å². The third-order valence-electron chi connectivity index (χ3n) is 6.79. The molecular weight excluding hydrogens is 468 g/mol. The fourth-order valence-electron chi connectivity index (χ4n) is 4.57. The SMILES string of the molecule is CCCCCCCCc1c(O)c(OC(=O)O)c(OCCCC)c(OCCCC)c1CCCCCCCC. The minimum Gasteiger partial charge on any atom is -0.504 e. The first-order valence-electron chi connectivity index (χ1n) is 15.1. The fourth-order valence-corrected chi connectivity index (χ4v) is 4.57. The maximum atomic E-state index is 11.6. The van der Waals surface area contributed by atoms with Gasteiger partial charge < -0.3 is 24.4 Å². The molecule has 0 fully saturated rings. The van der Waals surface area contributed by atoms with Crippen molar-refractivity contribution in [2.45, 2.75) is 143 Å². The van der Waals surface area contributed by atoms with Gasteiger partial charge in [0.2, 0.25) is 11.5 Å². The smallest absolute Gasteiger partial charge is 0.504 e. The highest BCUT2D eigenvalue weighted by atomic mass is 16.7. The molecule has 2 N–H and O–H groups in total. The number of hydrogen-bond donors (Lipinski definition) is 2. The lowest BCUT2D eigenvalue weighted by Crippen LogP contribution is -2.12. The lowest BCUT2D eigenvalue weighted by Gasteiger charge is -2.23. The maximum absolute atomic E-state index is 11.6. The summed E-state index contributed by atoms with van der Waals surface area (Å²) >= 11 is 0. The van der Waals surface area contributed by atoms with Crippen molar-refractivity contribution in [3.05, 3.63) is 11.1 Å². The average Bonchev–Trinajstić information content (AvgIpc) is 2.88. The van der Waals surface area contributed by atoms with Crippen LogP contribution in [0.5, 0.6) is 23.0 Å². The number of phenols is 1. The molecule has 1 aromatic carbocycles. The number of phenolic OH excluding ortho intramolecular Hbond substituents is 1. The fraction of sp³-hybridized carbons (Fsp3) is 0.774. The van der Waals surface area contributed by atoms with Gasteiger partial charge in [-0.1, -0.05) is 105 Å². The van der Waals surface area contributed by atoms with Gasteiger partial charge in [-0.05, 0) is 38.5 Å². The molecule has 0 aliphatic carbocycles. The number of carbonyl (C=O) groups is 1. The van der Waals surface area contributed by atoms with Crippen LogP contribution >= 0.6 is 0 Å². The monoisotopic (exact) mass is 522 g/mol. The van der Waals surface area contributed by atoms with Gasteiger partial charge in [-0.2, -0.15) is 0 Å². The zero-order valence-corrected chi connectivity index (χ0v) is 24.2. The van der Waals surface area contributed by atoms with Crippen LogP contribution in [0.25, 0.3) is 0 Å². The number of hydrogen-bond acceptors (Lipinski definition) is 5. The summed E-state index contributed by atoms with van der Waals surface area (Å²) in [4.78, 5) is 11.6. The van der Waals surface area contributed by atoms with Gasteiger partial charge in [0, 0.05) is 11.1 Å². The maximum Gasteiger partial charge on any atom is 0.511 e. The topological polar surface area (TPSA) is 85.2 Å². The van der Waals surface area contributed by atoms with Gasteiger partial charge in [0.25, 0.3) is 0 Å². The second kappa shape index (κ2) is 20.9. The molecule has 0 bridgehead atoms. The standard InChI is InChI=1S/C31H54O6/c1-5-9-13-15-17-19-21-25-26(22-20-18-16-14-10-6-2)28(35-23-11-7-3)30(36-24-12-8-4)29(27(25)32)37-31(33)34/h32H,5-24H2,1-4H3,(H,33,34). The molecule has 0 saturated carbocycles. The molecule has 0 saturated heterocycles. The number of carboxylic acid groups (broad SMARTS) is 1. The van der Waals surface area contributed by atoms with E-state index in [9.17, 15) is 15.0 Å². The van der Waals surface area contributed by atoms with E-state index < -0.39 is 6.16 Å². The Morgan fingerprint density at radius 3 is 1.49 bits per heavy atom. The van der Waals surface area contributed by atoms with Crippen LogP contribution in [-0.4, -0.2) is 29.6 Å². The lowest BCUT2D eigenvalue weighted by molar-refractivity contribution is 0.139. The van der Waals surface area contributed by atoms with Crippen LogP contribution in [0.2, 0.25) is 0 Å². The highest BCUT2D eigenvalue weighted by Crippen LogP contribution is 2.50. The number of ether oxygens (including phenoxy) is 3. The molecule has 1 aromatic rings. The summed E-state index contributed by atoms with van der Waals surface area (Å²) < 4.78 is 17.5. The molecule has 0 heterocycles. The molecule has 0 aliphatic heterocycles. The summed E-state index contributed by atoms with van der Waals surface area (Å²) in [5.41, 5.74) is 1.72. The molecule has 0 aliphatic rings. The molecule has 0 amide bonds. The molecular formula is C31H54O6. The first kappa shape index (κ1) is 32.9. The van der Waals surface area contributed by atoms with Crippen molar-refractivity contribution in [1.29, 1.82) is 0 Å². The molecule has 6 heteroatoms. The van der Waals surface area contributed by atoms with Gasteiger partial charge in [-0.15, -0.1) is 0 Å². The van der Waals surface area contributed by atoms with E-state index in [1.165, 1.54) is 44.9 Å². The number of aromatic hydroxyl groups is 1. The molecule has 6 nitrogen and oxygen atoms in total. The van der Waals surface area contributed by atoms with Gasteiger partial charge in [0.15, 0.2) is 11.5 Å². The van der Waals surface area contributed by atoms with Gasteiger partial charge in [0.1, 0.15) is 0 Å². The Bertz CT molecular complexity index is 746. The largest absolute Gasteiger partial charge is 0.511 e. The van der Waals surface area contributed by atoms with Gasteiger partial charge >= 0.3 is 6.16 Å². The highest BCUT2D eigenvalue weighted by Gasteiger charge is 2.28. The van der Waals surface area contributed by atoms with Crippen LogP contribution in [0, 0.1) is 0 Å². The Hall–Kier alpha value is -2.11. The Balaban J connectivity index is 3.39. The minimum atomic E-state index is -1.47. The predicted molar refractivity (Wildman–Crippen MR) is 152 cm³/mol. The van der Waals surface area contributed by atoms with Gasteiger partial charge in [-0.25, -0.2) is 4.79 Å².